The highest BCUT2D eigenvalue weighted by atomic mass is 79.9. The van der Waals surface area contributed by atoms with E-state index < -0.39 is 12.0 Å². The summed E-state index contributed by atoms with van der Waals surface area (Å²) in [5, 5.41) is 9.38. The van der Waals surface area contributed by atoms with Crippen LogP contribution < -0.4 is 0 Å². The fourth-order valence-corrected chi connectivity index (χ4v) is 3.90. The first kappa shape index (κ1) is 15.7. The van der Waals surface area contributed by atoms with E-state index in [-0.39, 0.29) is 11.9 Å². The maximum absolute atomic E-state index is 11.6. The molecule has 18 heavy (non-hydrogen) atoms. The quantitative estimate of drug-likeness (QED) is 0.841. The highest BCUT2D eigenvalue weighted by molar-refractivity contribution is 9.13. The number of carbonyl (C=O) groups is 2. The molecule has 0 aliphatic heterocycles. The maximum Gasteiger partial charge on any atom is 0.331 e. The van der Waals surface area contributed by atoms with Gasteiger partial charge in [0.25, 0.3) is 0 Å². The lowest BCUT2D eigenvalue weighted by molar-refractivity contribution is -0.151. The second kappa shape index (κ2) is 6.16. The molecule has 0 spiro atoms. The standard InChI is InChI=1S/C11H13Br2NO3S/c1-5(2)14(6(3)15)9(11(16)17)8-4-7(12)10(13)18-8/h4-5,9H,1-3H3,(H,16,17). The molecule has 0 aliphatic rings. The normalized spacial score (nSPS) is 12.6. The molecule has 0 saturated heterocycles. The van der Waals surface area contributed by atoms with Gasteiger partial charge in [0, 0.05) is 22.3 Å². The maximum atomic E-state index is 11.6. The minimum absolute atomic E-state index is 0.178. The first-order chi connectivity index (χ1) is 8.25. The van der Waals surface area contributed by atoms with Gasteiger partial charge in [-0.25, -0.2) is 4.79 Å². The fourth-order valence-electron chi connectivity index (χ4n) is 1.72. The van der Waals surface area contributed by atoms with Crippen molar-refractivity contribution < 1.29 is 14.7 Å². The van der Waals surface area contributed by atoms with Crippen molar-refractivity contribution in [1.29, 1.82) is 0 Å². The monoisotopic (exact) mass is 397 g/mol. The molecule has 1 aromatic heterocycles. The van der Waals surface area contributed by atoms with E-state index in [1.807, 2.05) is 0 Å². The lowest BCUT2D eigenvalue weighted by Crippen LogP contribution is -2.41. The highest BCUT2D eigenvalue weighted by Crippen LogP contribution is 2.38. The Kier molecular flexibility index (Phi) is 5.36. The number of hydrogen-bond donors (Lipinski definition) is 1. The third-order valence-electron chi connectivity index (χ3n) is 2.37. The van der Waals surface area contributed by atoms with Crippen molar-refractivity contribution in [2.75, 3.05) is 0 Å². The van der Waals surface area contributed by atoms with Crippen molar-refractivity contribution in [2.45, 2.75) is 32.9 Å². The van der Waals surface area contributed by atoms with Crippen molar-refractivity contribution in [3.63, 3.8) is 0 Å². The molecule has 1 N–H and O–H groups in total. The molecule has 0 saturated carbocycles. The van der Waals surface area contributed by atoms with Crippen LogP contribution in [0.3, 0.4) is 0 Å². The van der Waals surface area contributed by atoms with Crippen LogP contribution >= 0.6 is 43.2 Å². The Morgan fingerprint density at radius 3 is 2.22 bits per heavy atom. The molecular formula is C11H13Br2NO3S. The summed E-state index contributed by atoms with van der Waals surface area (Å²) in [6.45, 7) is 4.98. The van der Waals surface area contributed by atoms with Crippen LogP contribution in [0.4, 0.5) is 0 Å². The van der Waals surface area contributed by atoms with E-state index in [1.165, 1.54) is 23.2 Å². The number of rotatable bonds is 4. The lowest BCUT2D eigenvalue weighted by Gasteiger charge is -2.30. The van der Waals surface area contributed by atoms with E-state index in [2.05, 4.69) is 31.9 Å². The van der Waals surface area contributed by atoms with Gasteiger partial charge in [-0.2, -0.15) is 0 Å². The molecule has 0 radical (unpaired) electrons. The van der Waals surface area contributed by atoms with E-state index >= 15 is 0 Å². The molecule has 1 amide bonds. The summed E-state index contributed by atoms with van der Waals surface area (Å²) in [7, 11) is 0. The lowest BCUT2D eigenvalue weighted by atomic mass is 10.1. The fraction of sp³-hybridized carbons (Fsp3) is 0.455. The van der Waals surface area contributed by atoms with E-state index in [0.29, 0.717) is 4.88 Å². The van der Waals surface area contributed by atoms with Gasteiger partial charge in [-0.3, -0.25) is 4.79 Å². The first-order valence-electron chi connectivity index (χ1n) is 5.22. The third kappa shape index (κ3) is 3.33. The predicted octanol–water partition coefficient (Wildman–Crippen LogP) is 3.66. The Labute approximate surface area is 126 Å². The minimum Gasteiger partial charge on any atom is -0.479 e. The van der Waals surface area contributed by atoms with Gasteiger partial charge in [0.15, 0.2) is 6.04 Å². The summed E-state index contributed by atoms with van der Waals surface area (Å²) in [5.74, 6) is -1.28. The average molecular weight is 399 g/mol. The van der Waals surface area contributed by atoms with Crippen LogP contribution in [-0.4, -0.2) is 27.9 Å². The number of hydrogen-bond acceptors (Lipinski definition) is 3. The molecule has 1 heterocycles. The van der Waals surface area contributed by atoms with Gasteiger partial charge >= 0.3 is 5.97 Å². The van der Waals surface area contributed by atoms with E-state index in [9.17, 15) is 14.7 Å². The molecule has 7 heteroatoms. The molecule has 1 aromatic rings. The molecule has 4 nitrogen and oxygen atoms in total. The number of carbonyl (C=O) groups excluding carboxylic acids is 1. The topological polar surface area (TPSA) is 57.6 Å². The Morgan fingerprint density at radius 2 is 1.94 bits per heavy atom. The van der Waals surface area contributed by atoms with Crippen molar-refractivity contribution >= 4 is 55.1 Å². The Hall–Kier alpha value is -0.400. The molecule has 1 rings (SSSR count). The van der Waals surface area contributed by atoms with Gasteiger partial charge in [0.1, 0.15) is 0 Å². The molecule has 0 aromatic carbocycles. The van der Waals surface area contributed by atoms with Gasteiger partial charge in [0.2, 0.25) is 5.91 Å². The molecule has 1 unspecified atom stereocenters. The van der Waals surface area contributed by atoms with Gasteiger partial charge in [-0.1, -0.05) is 0 Å². The third-order valence-corrected chi connectivity index (χ3v) is 5.67. The highest BCUT2D eigenvalue weighted by Gasteiger charge is 2.33. The van der Waals surface area contributed by atoms with Crippen LogP contribution in [0, 0.1) is 0 Å². The number of amides is 1. The summed E-state index contributed by atoms with van der Waals surface area (Å²) < 4.78 is 1.61. The zero-order chi connectivity index (χ0) is 14.0. The Bertz CT molecular complexity index is 453. The Balaban J connectivity index is 3.24. The number of carboxylic acids is 1. The number of aliphatic carboxylic acids is 1. The van der Waals surface area contributed by atoms with Gasteiger partial charge in [-0.05, 0) is 51.8 Å². The molecule has 1 atom stereocenters. The summed E-state index contributed by atoms with van der Waals surface area (Å²) in [6.07, 6.45) is 0. The summed E-state index contributed by atoms with van der Waals surface area (Å²) in [6, 6.07) is 0.602. The molecule has 0 fully saturated rings. The summed E-state index contributed by atoms with van der Waals surface area (Å²) in [4.78, 5) is 25.1. The molecule has 0 bridgehead atoms. The van der Waals surface area contributed by atoms with Crippen LogP contribution in [0.5, 0.6) is 0 Å². The number of halogens is 2. The zero-order valence-corrected chi connectivity index (χ0v) is 14.1. The van der Waals surface area contributed by atoms with Crippen molar-refractivity contribution in [1.82, 2.24) is 4.90 Å². The Morgan fingerprint density at radius 1 is 1.39 bits per heavy atom. The van der Waals surface area contributed by atoms with Crippen LogP contribution in [0.2, 0.25) is 0 Å². The predicted molar refractivity (Wildman–Crippen MR) is 77.8 cm³/mol. The SMILES string of the molecule is CC(=O)N(C(C)C)C(C(=O)O)c1cc(Br)c(Br)s1. The van der Waals surface area contributed by atoms with Crippen molar-refractivity contribution in [2.24, 2.45) is 0 Å². The van der Waals surface area contributed by atoms with Crippen LogP contribution in [0.15, 0.2) is 14.3 Å². The summed E-state index contributed by atoms with van der Waals surface area (Å²) >= 11 is 7.96. The average Bonchev–Trinajstić information content (AvgIpc) is 2.53. The van der Waals surface area contributed by atoms with E-state index in [4.69, 9.17) is 0 Å². The van der Waals surface area contributed by atoms with Crippen molar-refractivity contribution in [3.05, 3.63) is 19.2 Å². The first-order valence-corrected chi connectivity index (χ1v) is 7.62. The number of thiophene rings is 1. The van der Waals surface area contributed by atoms with Crippen LogP contribution in [-0.2, 0) is 9.59 Å². The van der Waals surface area contributed by atoms with Crippen molar-refractivity contribution in [3.8, 4) is 0 Å². The summed E-state index contributed by atoms with van der Waals surface area (Å²) in [5.41, 5.74) is 0. The second-order valence-electron chi connectivity index (χ2n) is 4.03. The number of carboxylic acid groups (broad SMARTS) is 1. The molecular weight excluding hydrogens is 386 g/mol. The van der Waals surface area contributed by atoms with Gasteiger partial charge in [-0.15, -0.1) is 11.3 Å². The second-order valence-corrected chi connectivity index (χ2v) is 7.29. The minimum atomic E-state index is -1.03. The van der Waals surface area contributed by atoms with E-state index in [0.717, 1.165) is 8.26 Å². The smallest absolute Gasteiger partial charge is 0.331 e. The van der Waals surface area contributed by atoms with E-state index in [1.54, 1.807) is 19.9 Å². The largest absolute Gasteiger partial charge is 0.479 e. The van der Waals surface area contributed by atoms with Gasteiger partial charge < -0.3 is 10.0 Å². The molecule has 0 aliphatic carbocycles. The zero-order valence-electron chi connectivity index (χ0n) is 10.1. The molecule has 100 valence electrons. The van der Waals surface area contributed by atoms with Crippen LogP contribution in [0.1, 0.15) is 31.7 Å². The van der Waals surface area contributed by atoms with Crippen LogP contribution in [0.25, 0.3) is 0 Å². The number of nitrogens with zero attached hydrogens (tertiary/aromatic N) is 1. The van der Waals surface area contributed by atoms with Gasteiger partial charge in [0.05, 0.1) is 3.79 Å².